The molecule has 0 unspecified atom stereocenters. The Kier molecular flexibility index (Phi) is 2.54. The quantitative estimate of drug-likeness (QED) is 0.690. The Morgan fingerprint density at radius 3 is 2.75 bits per heavy atom. The molecule has 0 radical (unpaired) electrons. The van der Waals surface area contributed by atoms with Gasteiger partial charge in [0.1, 0.15) is 0 Å². The van der Waals surface area contributed by atoms with Crippen molar-refractivity contribution in [2.24, 2.45) is 0 Å². The molecule has 1 aliphatic heterocycles. The van der Waals surface area contributed by atoms with Gasteiger partial charge in [-0.25, -0.2) is 0 Å². The fourth-order valence-corrected chi connectivity index (χ4v) is 2.10. The van der Waals surface area contributed by atoms with Gasteiger partial charge in [-0.2, -0.15) is 0 Å². The van der Waals surface area contributed by atoms with E-state index in [2.05, 4.69) is 30.7 Å². The minimum absolute atomic E-state index is 0.155. The number of fused-ring (bicyclic) bond motifs is 1. The molecule has 88 valence electrons. The molecule has 0 bridgehead atoms. The molecule has 4 heteroatoms. The first-order chi connectivity index (χ1) is 7.38. The minimum atomic E-state index is -0.164. The standard InChI is InChI=1S/C12H19N3O/c1-12(2,3)15-5-4-10-8(7-15)6-9(13)11(16)14-10/h6H,4-5,7,13H2,1-3H3,(H,14,16). The van der Waals surface area contributed by atoms with Gasteiger partial charge in [-0.15, -0.1) is 0 Å². The molecular formula is C12H19N3O. The highest BCUT2D eigenvalue weighted by molar-refractivity contribution is 5.41. The maximum Gasteiger partial charge on any atom is 0.271 e. The lowest BCUT2D eigenvalue weighted by Crippen LogP contribution is -2.44. The molecule has 0 spiro atoms. The number of aromatic amines is 1. The van der Waals surface area contributed by atoms with Crippen LogP contribution in [0.4, 0.5) is 5.69 Å². The van der Waals surface area contributed by atoms with Crippen LogP contribution in [0.2, 0.25) is 0 Å². The van der Waals surface area contributed by atoms with Crippen molar-refractivity contribution in [2.45, 2.75) is 39.3 Å². The van der Waals surface area contributed by atoms with E-state index in [4.69, 9.17) is 5.73 Å². The predicted molar refractivity (Wildman–Crippen MR) is 65.3 cm³/mol. The summed E-state index contributed by atoms with van der Waals surface area (Å²) in [5.41, 5.74) is 8.13. The second kappa shape index (κ2) is 3.63. The molecule has 3 N–H and O–H groups in total. The molecule has 16 heavy (non-hydrogen) atoms. The van der Waals surface area contributed by atoms with E-state index in [1.54, 1.807) is 0 Å². The largest absolute Gasteiger partial charge is 0.394 e. The molecule has 0 atom stereocenters. The molecule has 1 aliphatic rings. The average molecular weight is 221 g/mol. The van der Waals surface area contributed by atoms with Crippen LogP contribution in [0.1, 0.15) is 32.0 Å². The topological polar surface area (TPSA) is 62.1 Å². The highest BCUT2D eigenvalue weighted by Gasteiger charge is 2.26. The first kappa shape index (κ1) is 11.2. The maximum atomic E-state index is 11.4. The number of pyridine rings is 1. The lowest BCUT2D eigenvalue weighted by Gasteiger charge is -2.39. The number of nitrogens with zero attached hydrogens (tertiary/aromatic N) is 1. The van der Waals surface area contributed by atoms with E-state index in [1.165, 1.54) is 0 Å². The first-order valence-corrected chi connectivity index (χ1v) is 5.63. The molecular weight excluding hydrogens is 202 g/mol. The Morgan fingerprint density at radius 1 is 1.44 bits per heavy atom. The molecule has 0 saturated carbocycles. The van der Waals surface area contributed by atoms with Crippen molar-refractivity contribution in [1.82, 2.24) is 9.88 Å². The summed E-state index contributed by atoms with van der Waals surface area (Å²) >= 11 is 0. The fraction of sp³-hybridized carbons (Fsp3) is 0.583. The summed E-state index contributed by atoms with van der Waals surface area (Å²) in [5.74, 6) is 0. The van der Waals surface area contributed by atoms with Crippen molar-refractivity contribution in [2.75, 3.05) is 12.3 Å². The van der Waals surface area contributed by atoms with Crippen LogP contribution in [0.25, 0.3) is 0 Å². The molecule has 4 nitrogen and oxygen atoms in total. The molecule has 0 aromatic carbocycles. The highest BCUT2D eigenvalue weighted by Crippen LogP contribution is 2.23. The fourth-order valence-electron chi connectivity index (χ4n) is 2.10. The van der Waals surface area contributed by atoms with Crippen LogP contribution < -0.4 is 11.3 Å². The lowest BCUT2D eigenvalue weighted by molar-refractivity contribution is 0.119. The zero-order valence-electron chi connectivity index (χ0n) is 10.1. The third kappa shape index (κ3) is 1.97. The van der Waals surface area contributed by atoms with Gasteiger partial charge >= 0.3 is 0 Å². The highest BCUT2D eigenvalue weighted by atomic mass is 16.1. The van der Waals surface area contributed by atoms with Crippen molar-refractivity contribution in [1.29, 1.82) is 0 Å². The number of aromatic nitrogens is 1. The number of nitrogens with two attached hydrogens (primary N) is 1. The molecule has 0 aliphatic carbocycles. The summed E-state index contributed by atoms with van der Waals surface area (Å²) in [6.45, 7) is 8.45. The minimum Gasteiger partial charge on any atom is -0.394 e. The first-order valence-electron chi connectivity index (χ1n) is 5.63. The Morgan fingerprint density at radius 2 is 2.12 bits per heavy atom. The van der Waals surface area contributed by atoms with Crippen LogP contribution in [0.5, 0.6) is 0 Å². The maximum absolute atomic E-state index is 11.4. The number of nitrogens with one attached hydrogen (secondary N) is 1. The van der Waals surface area contributed by atoms with Gasteiger partial charge in [0.25, 0.3) is 5.56 Å². The molecule has 2 rings (SSSR count). The van der Waals surface area contributed by atoms with Gasteiger partial charge < -0.3 is 10.7 Å². The predicted octanol–water partition coefficient (Wildman–Crippen LogP) is 1.11. The summed E-state index contributed by atoms with van der Waals surface area (Å²) in [6.07, 6.45) is 0.891. The van der Waals surface area contributed by atoms with Gasteiger partial charge in [-0.05, 0) is 32.4 Å². The van der Waals surface area contributed by atoms with Crippen LogP contribution in [-0.4, -0.2) is 22.0 Å². The van der Waals surface area contributed by atoms with E-state index in [0.717, 1.165) is 30.8 Å². The van der Waals surface area contributed by atoms with Gasteiger partial charge in [0.2, 0.25) is 0 Å². The number of hydrogen-bond donors (Lipinski definition) is 2. The van der Waals surface area contributed by atoms with Gasteiger partial charge in [-0.1, -0.05) is 0 Å². The van der Waals surface area contributed by atoms with Crippen molar-refractivity contribution >= 4 is 5.69 Å². The molecule has 0 fully saturated rings. The van der Waals surface area contributed by atoms with Crippen LogP contribution in [0, 0.1) is 0 Å². The van der Waals surface area contributed by atoms with Crippen LogP contribution in [0.15, 0.2) is 10.9 Å². The Balaban J connectivity index is 2.34. The van der Waals surface area contributed by atoms with E-state index in [1.807, 2.05) is 6.07 Å². The van der Waals surface area contributed by atoms with Gasteiger partial charge in [0.15, 0.2) is 0 Å². The second-order valence-electron chi connectivity index (χ2n) is 5.40. The lowest BCUT2D eigenvalue weighted by atomic mass is 9.98. The second-order valence-corrected chi connectivity index (χ2v) is 5.40. The van der Waals surface area contributed by atoms with E-state index < -0.39 is 0 Å². The van der Waals surface area contributed by atoms with Gasteiger partial charge in [0, 0.05) is 30.7 Å². The zero-order chi connectivity index (χ0) is 11.9. The summed E-state index contributed by atoms with van der Waals surface area (Å²) in [5, 5.41) is 0. The molecule has 1 aromatic heterocycles. The van der Waals surface area contributed by atoms with Crippen LogP contribution in [0.3, 0.4) is 0 Å². The molecule has 1 aromatic rings. The van der Waals surface area contributed by atoms with E-state index in [-0.39, 0.29) is 11.1 Å². The number of nitrogen functional groups attached to an aromatic ring is 1. The smallest absolute Gasteiger partial charge is 0.271 e. The summed E-state index contributed by atoms with van der Waals surface area (Å²) < 4.78 is 0. The normalized spacial score (nSPS) is 17.2. The average Bonchev–Trinajstić information content (AvgIpc) is 2.17. The number of H-pyrrole nitrogens is 1. The molecule has 0 amide bonds. The van der Waals surface area contributed by atoms with Gasteiger partial charge in [-0.3, -0.25) is 9.69 Å². The SMILES string of the molecule is CC(C)(C)N1CCc2[nH]c(=O)c(N)cc2C1. The summed E-state index contributed by atoms with van der Waals surface area (Å²) in [6, 6.07) is 1.81. The summed E-state index contributed by atoms with van der Waals surface area (Å²) in [4.78, 5) is 16.6. The third-order valence-electron chi connectivity index (χ3n) is 3.19. The number of anilines is 1. The van der Waals surface area contributed by atoms with Crippen molar-refractivity contribution < 1.29 is 0 Å². The van der Waals surface area contributed by atoms with E-state index in [0.29, 0.717) is 5.69 Å². The molecule has 0 saturated heterocycles. The van der Waals surface area contributed by atoms with Crippen LogP contribution in [-0.2, 0) is 13.0 Å². The van der Waals surface area contributed by atoms with Gasteiger partial charge in [0.05, 0.1) is 5.69 Å². The Hall–Kier alpha value is -1.29. The monoisotopic (exact) mass is 221 g/mol. The zero-order valence-corrected chi connectivity index (χ0v) is 10.1. The van der Waals surface area contributed by atoms with Crippen molar-refractivity contribution in [3.8, 4) is 0 Å². The molecule has 2 heterocycles. The van der Waals surface area contributed by atoms with Crippen molar-refractivity contribution in [3.05, 3.63) is 27.7 Å². The third-order valence-corrected chi connectivity index (χ3v) is 3.19. The van der Waals surface area contributed by atoms with Crippen molar-refractivity contribution in [3.63, 3.8) is 0 Å². The Bertz CT molecular complexity index is 456. The van der Waals surface area contributed by atoms with Crippen LogP contribution >= 0.6 is 0 Å². The number of hydrogen-bond acceptors (Lipinski definition) is 3. The number of rotatable bonds is 0. The van der Waals surface area contributed by atoms with E-state index in [9.17, 15) is 4.79 Å². The Labute approximate surface area is 95.5 Å². The van der Waals surface area contributed by atoms with E-state index >= 15 is 0 Å². The summed E-state index contributed by atoms with van der Waals surface area (Å²) in [7, 11) is 0.